The molecule has 14 N–H and O–H groups in total. The van der Waals surface area contributed by atoms with Gasteiger partial charge in [-0.2, -0.15) is 21.6 Å². The number of guanidine groups is 3. The van der Waals surface area contributed by atoms with Crippen molar-refractivity contribution in [1.82, 2.24) is 36.2 Å². The summed E-state index contributed by atoms with van der Waals surface area (Å²) in [6.07, 6.45) is 5.18. The molecule has 3 aromatic carbocycles. The molecule has 111 heavy (non-hydrogen) atoms. The predicted molar refractivity (Wildman–Crippen MR) is 428 cm³/mol. The Kier molecular flexibility index (Phi) is 43.3. The molecular formula is C70H99B5F3N16O16S. The number of pyridine rings is 3. The Morgan fingerprint density at radius 2 is 0.793 bits per heavy atom. The maximum absolute atomic E-state index is 12.5. The number of benzene rings is 3. The number of carboxylic acids is 1. The second-order valence-corrected chi connectivity index (χ2v) is 28.3. The first-order valence-electron chi connectivity index (χ1n) is 34.6. The maximum Gasteiger partial charge on any atom is 0.518 e. The predicted octanol–water partition coefficient (Wildman–Crippen LogP) is 9.31. The summed E-state index contributed by atoms with van der Waals surface area (Å²) >= 11 is 0. The van der Waals surface area contributed by atoms with Crippen molar-refractivity contribution in [3.05, 3.63) is 108 Å². The minimum absolute atomic E-state index is 0.0637. The first kappa shape index (κ1) is 98.4. The number of nitrogens with one attached hydrogen (secondary N) is 7. The molecule has 4 amide bonds. The molecule has 32 nitrogen and oxygen atoms in total. The summed E-state index contributed by atoms with van der Waals surface area (Å²) in [5, 5.41) is 29.9. The van der Waals surface area contributed by atoms with E-state index in [-0.39, 0.29) is 30.1 Å². The maximum atomic E-state index is 12.5. The molecule has 0 aliphatic rings. The van der Waals surface area contributed by atoms with E-state index in [1.54, 1.807) is 72.2 Å². The number of nitrogens with zero attached hydrogens (tertiary/aromatic N) is 6. The zero-order chi connectivity index (χ0) is 84.3. The lowest BCUT2D eigenvalue weighted by molar-refractivity contribution is -0.0436. The number of aliphatic imine (C=N–C) groups is 2. The molecule has 0 saturated carbocycles. The Morgan fingerprint density at radius 3 is 1.09 bits per heavy atom. The third-order valence-corrected chi connectivity index (χ3v) is 13.8. The average molecular weight is 1560 g/mol. The van der Waals surface area contributed by atoms with E-state index >= 15 is 0 Å². The molecule has 6 aromatic rings. The van der Waals surface area contributed by atoms with Gasteiger partial charge in [0, 0.05) is 105 Å². The number of rotatable bonds is 23. The number of carbonyl (C=O) groups is 7. The normalized spacial score (nSPS) is 11.0. The largest absolute Gasteiger partial charge is 0.518 e. The number of aromatic carboxylic acids is 1. The number of sulfonamides is 1. The van der Waals surface area contributed by atoms with Crippen LogP contribution in [0.3, 0.4) is 0 Å². The van der Waals surface area contributed by atoms with Crippen LogP contribution in [0.5, 0.6) is 0 Å². The van der Waals surface area contributed by atoms with Crippen LogP contribution in [0.2, 0.25) is 0 Å². The molecule has 0 aliphatic heterocycles. The molecular weight excluding hydrogens is 1460 g/mol. The Balaban J connectivity index is 0.000000746. The van der Waals surface area contributed by atoms with E-state index in [2.05, 4.69) is 86.9 Å². The fraction of sp³-hybridized carbons (Fsp3) is 0.471. The molecule has 0 unspecified atom stereocenters. The number of aromatic nitrogens is 3. The molecule has 3 aromatic heterocycles. The number of fused-ring (bicyclic) bond motifs is 3. The van der Waals surface area contributed by atoms with Gasteiger partial charge in [-0.25, -0.2) is 33.6 Å². The highest BCUT2D eigenvalue weighted by atomic mass is 32.2. The van der Waals surface area contributed by atoms with Gasteiger partial charge in [0.1, 0.15) is 39.1 Å². The summed E-state index contributed by atoms with van der Waals surface area (Å²) in [5.74, 6) is -3.09. The van der Waals surface area contributed by atoms with Crippen molar-refractivity contribution in [2.75, 3.05) is 68.4 Å². The summed E-state index contributed by atoms with van der Waals surface area (Å²) < 4.78 is 92.1. The number of alkyl halides is 3. The topological polar surface area (TPSA) is 467 Å². The number of hydrogen-bond acceptors (Lipinski definition) is 24. The summed E-state index contributed by atoms with van der Waals surface area (Å²) in [5.41, 5.74) is 12.2. The third-order valence-electron chi connectivity index (χ3n) is 12.8. The monoisotopic (exact) mass is 1560 g/mol. The molecule has 0 spiro atoms. The van der Waals surface area contributed by atoms with Crippen LogP contribution in [0.15, 0.2) is 106 Å². The number of alkyl carbamates (subject to hydrolysis) is 4. The van der Waals surface area contributed by atoms with Gasteiger partial charge in [-0.15, -0.1) is 4.40 Å². The highest BCUT2D eigenvalue weighted by Crippen LogP contribution is 2.30. The molecule has 0 fully saturated rings. The lowest BCUT2D eigenvalue weighted by Gasteiger charge is -2.22. The number of carboxylic acid groups (broad SMARTS) is 1. The number of unbranched alkanes of at least 4 members (excludes halogenated alkanes) is 3. The minimum atomic E-state index is -6.03. The van der Waals surface area contributed by atoms with Gasteiger partial charge in [-0.3, -0.25) is 46.2 Å². The second kappa shape index (κ2) is 48.8. The summed E-state index contributed by atoms with van der Waals surface area (Å²) in [4.78, 5) is 105. The summed E-state index contributed by atoms with van der Waals surface area (Å²) in [6, 6.07) is 22.7. The Labute approximate surface area is 651 Å². The van der Waals surface area contributed by atoms with E-state index in [1.807, 2.05) is 72.8 Å². The zero-order valence-corrected chi connectivity index (χ0v) is 65.8. The van der Waals surface area contributed by atoms with Crippen molar-refractivity contribution in [3.8, 4) is 0 Å². The smallest absolute Gasteiger partial charge is 0.478 e. The lowest BCUT2D eigenvalue weighted by atomic mass is 9.40. The van der Waals surface area contributed by atoms with E-state index in [9.17, 15) is 60.3 Å². The molecule has 9 radical (unpaired) electrons. The van der Waals surface area contributed by atoms with Crippen LogP contribution in [-0.2, 0) is 38.4 Å². The molecule has 6 rings (SSSR count). The van der Waals surface area contributed by atoms with Gasteiger partial charge in [-0.1, -0.05) is 54.6 Å². The third kappa shape index (κ3) is 40.1. The highest BCUT2D eigenvalue weighted by molar-refractivity contribution is 7.91. The van der Waals surface area contributed by atoms with Crippen molar-refractivity contribution in [2.45, 2.75) is 163 Å². The lowest BCUT2D eigenvalue weighted by Crippen LogP contribution is -2.48. The molecule has 0 saturated heterocycles. The number of esters is 2. The van der Waals surface area contributed by atoms with E-state index in [0.29, 0.717) is 74.7 Å². The van der Waals surface area contributed by atoms with E-state index in [1.165, 1.54) is 53.9 Å². The van der Waals surface area contributed by atoms with Crippen LogP contribution < -0.4 is 54.4 Å². The Bertz CT molecular complexity index is 4130. The van der Waals surface area contributed by atoms with E-state index in [4.69, 9.17) is 45.6 Å². The first-order valence-corrected chi connectivity index (χ1v) is 36.1. The Morgan fingerprint density at radius 1 is 0.495 bits per heavy atom. The van der Waals surface area contributed by atoms with Crippen LogP contribution in [0, 0.1) is 0 Å². The van der Waals surface area contributed by atoms with Gasteiger partial charge < -0.3 is 66.7 Å². The van der Waals surface area contributed by atoms with E-state index in [0.717, 1.165) is 77.7 Å². The van der Waals surface area contributed by atoms with Crippen LogP contribution in [0.25, 0.3) is 32.7 Å². The molecule has 0 atom stereocenters. The van der Waals surface area contributed by atoms with Gasteiger partial charge in [0.25, 0.3) is 0 Å². The van der Waals surface area contributed by atoms with Crippen LogP contribution in [0.1, 0.15) is 167 Å². The molecule has 0 aliphatic carbocycles. The van der Waals surface area contributed by atoms with Crippen molar-refractivity contribution in [1.29, 1.82) is 0 Å². The average Bonchev–Trinajstić information content (AvgIpc) is 0.810. The molecule has 41 heteroatoms. The van der Waals surface area contributed by atoms with Crippen LogP contribution in [-0.4, -0.2) is 207 Å². The molecule has 3 heterocycles. The zero-order valence-electron chi connectivity index (χ0n) is 65.0. The summed E-state index contributed by atoms with van der Waals surface area (Å²) in [6.45, 7) is 26.8. The minimum Gasteiger partial charge on any atom is -0.478 e. The first-order chi connectivity index (χ1) is 51.9. The van der Waals surface area contributed by atoms with E-state index < -0.39 is 80.2 Å². The van der Waals surface area contributed by atoms with Gasteiger partial charge in [0.2, 0.25) is 11.9 Å². The second-order valence-electron chi connectivity index (χ2n) is 26.7. The number of ether oxygens (including phenoxy) is 6. The number of para-hydroxylation sites is 3. The van der Waals surface area contributed by atoms with Crippen molar-refractivity contribution in [3.63, 3.8) is 0 Å². The SMILES string of the molecule is CC(C)(C)OC(=O)NC(=NS(=O)(=O)C(F)(F)F)NC(=O)OC(C)(C)C.CCOC(=O)c1cnc2ccccc2c1NCCCCN.CCOC(=O)c1cnc2ccccc2c1NCCCCN=C(NC(=O)OC(C)(C)C)NC(=O)OC(C)(C)C.NC(N)=NCCCCNc1c(C(=O)O)cnc2ccccc12.[B][B].[B][B][B]. The number of halogens is 3. The standard InChI is InChI=1S/C27H39N5O6.C16H21N3O2.C15H19N5O2.C12H20F3N3O6S.B3.B2/c1-8-36-22(33)19-17-30-20-14-10-9-13-18(20)21(19)28-15-11-12-16-29-23(31-24(34)37-26(2,3)4)32-25(35)38-27(5,6)7;1-2-21-16(20)13-11-19-14-8-4-3-7-12(14)15(13)18-10-6-5-9-17;16-15(17)19-8-4-3-7-18-13-10-5-1-2-6-12(10)20-9-11(13)14(21)22;1-10(2,3)23-8(19)16-7(17-9(20)24-11(4,5)6)18-25(21,22)12(13,14)15;1-3-2;1-2/h9-10,13-14,17H,8,11-12,15-16H2,1-7H3,(H,28,30)(H2,29,31,32,34,35);3-4,7-8,11H,2,5-6,9-10,17H2,1H3,(H,18,19);1-2,5-6,9H,3-4,7-8H2,(H,18,20)(H,21,22)(H4,16,17,19);1-6H3,(H2,16,17,18,19,20);;. The highest BCUT2D eigenvalue weighted by Gasteiger charge is 2.47. The van der Waals surface area contributed by atoms with Gasteiger partial charge in [-0.05, 0) is 160 Å². The van der Waals surface area contributed by atoms with Crippen molar-refractivity contribution < 1.29 is 88.7 Å². The van der Waals surface area contributed by atoms with Crippen LogP contribution >= 0.6 is 0 Å². The fourth-order valence-electron chi connectivity index (χ4n) is 8.63. The number of carbonyl (C=O) groups excluding carboxylic acids is 6. The Hall–Kier alpha value is -10.6. The van der Waals surface area contributed by atoms with Gasteiger partial charge in [0.15, 0.2) is 5.96 Å². The van der Waals surface area contributed by atoms with Crippen molar-refractivity contribution >= 4 is 158 Å². The molecule has 0 bridgehead atoms. The van der Waals surface area contributed by atoms with Crippen LogP contribution in [0.4, 0.5) is 49.4 Å². The number of amides is 4. The fourth-order valence-corrected chi connectivity index (χ4v) is 9.06. The summed E-state index contributed by atoms with van der Waals surface area (Å²) in [7, 11) is 12.0. The number of hydrogen-bond donors (Lipinski definition) is 11. The number of nitrogens with two attached hydrogens (primary N) is 3. The van der Waals surface area contributed by atoms with Gasteiger partial charge in [0.05, 0.1) is 46.8 Å². The van der Waals surface area contributed by atoms with Gasteiger partial charge >= 0.3 is 57.8 Å². The quantitative estimate of drug-likeness (QED) is 0.00710. The molecule has 597 valence electrons. The number of anilines is 3. The van der Waals surface area contributed by atoms with Crippen molar-refractivity contribution in [2.24, 2.45) is 31.6 Å².